The Morgan fingerprint density at radius 1 is 1.23 bits per heavy atom. The van der Waals surface area contributed by atoms with Crippen molar-refractivity contribution < 1.29 is 31.4 Å². The molecule has 1 heterocycles. The van der Waals surface area contributed by atoms with Gasteiger partial charge in [-0.05, 0) is 42.8 Å². The van der Waals surface area contributed by atoms with E-state index >= 15 is 0 Å². The van der Waals surface area contributed by atoms with E-state index in [1.54, 1.807) is 13.0 Å². The fraction of sp³-hybridized carbons (Fsp3) is 0.294. The minimum absolute atomic E-state index is 0.0551. The van der Waals surface area contributed by atoms with E-state index in [0.717, 1.165) is 22.5 Å². The molecular formula is C17H16F3NO4S. The summed E-state index contributed by atoms with van der Waals surface area (Å²) < 4.78 is 71.5. The predicted molar refractivity (Wildman–Crippen MR) is 88.4 cm³/mol. The number of aliphatic hydroxyl groups excluding tert-OH is 1. The van der Waals surface area contributed by atoms with Crippen molar-refractivity contribution in [2.45, 2.75) is 30.7 Å². The molecule has 140 valence electrons. The van der Waals surface area contributed by atoms with Crippen LogP contribution in [0.15, 0.2) is 47.4 Å². The van der Waals surface area contributed by atoms with E-state index in [1.165, 1.54) is 12.1 Å². The van der Waals surface area contributed by atoms with Crippen LogP contribution in [0.1, 0.15) is 18.1 Å². The van der Waals surface area contributed by atoms with Crippen molar-refractivity contribution in [3.63, 3.8) is 0 Å². The number of fused-ring (bicyclic) bond motifs is 1. The molecule has 2 aromatic rings. The van der Waals surface area contributed by atoms with Crippen molar-refractivity contribution in [1.82, 2.24) is 0 Å². The summed E-state index contributed by atoms with van der Waals surface area (Å²) in [7, 11) is -4.24. The first-order valence-corrected chi connectivity index (χ1v) is 9.17. The topological polar surface area (TPSA) is 66.8 Å². The zero-order valence-corrected chi connectivity index (χ0v) is 14.5. The lowest BCUT2D eigenvalue weighted by Crippen LogP contribution is -2.42. The fourth-order valence-electron chi connectivity index (χ4n) is 2.73. The molecular weight excluding hydrogens is 371 g/mol. The van der Waals surface area contributed by atoms with Crippen LogP contribution in [0, 0.1) is 0 Å². The fourth-order valence-corrected chi connectivity index (χ4v) is 4.32. The van der Waals surface area contributed by atoms with Gasteiger partial charge in [0.2, 0.25) is 0 Å². The van der Waals surface area contributed by atoms with Gasteiger partial charge in [0.25, 0.3) is 10.0 Å². The number of alkyl halides is 3. The average molecular weight is 387 g/mol. The van der Waals surface area contributed by atoms with Crippen molar-refractivity contribution in [1.29, 1.82) is 0 Å². The van der Waals surface area contributed by atoms with Crippen molar-refractivity contribution in [2.75, 3.05) is 10.8 Å². The third-order valence-electron chi connectivity index (χ3n) is 3.98. The predicted octanol–water partition coefficient (Wildman–Crippen LogP) is 3.17. The summed E-state index contributed by atoms with van der Waals surface area (Å²) in [6, 6.07) is 8.19. The van der Waals surface area contributed by atoms with Gasteiger partial charge in [0, 0.05) is 0 Å². The Hall–Kier alpha value is -2.26. The lowest BCUT2D eigenvalue weighted by Gasteiger charge is -2.34. The Morgan fingerprint density at radius 2 is 1.96 bits per heavy atom. The van der Waals surface area contributed by atoms with Crippen LogP contribution in [-0.2, 0) is 22.8 Å². The molecule has 0 spiro atoms. The molecule has 2 aromatic carbocycles. The summed E-state index contributed by atoms with van der Waals surface area (Å²) in [5, 5.41) is 9.29. The zero-order valence-electron chi connectivity index (χ0n) is 13.7. The minimum Gasteiger partial charge on any atom is -0.487 e. The number of anilines is 1. The van der Waals surface area contributed by atoms with E-state index in [1.807, 2.05) is 0 Å². The van der Waals surface area contributed by atoms with Crippen LogP contribution in [0.3, 0.4) is 0 Å². The van der Waals surface area contributed by atoms with Gasteiger partial charge in [-0.25, -0.2) is 8.42 Å². The van der Waals surface area contributed by atoms with E-state index < -0.39 is 32.8 Å². The summed E-state index contributed by atoms with van der Waals surface area (Å²) >= 11 is 0. The molecule has 1 N–H and O–H groups in total. The molecule has 1 atom stereocenters. The second-order valence-electron chi connectivity index (χ2n) is 5.95. The number of hydrogen-bond donors (Lipinski definition) is 1. The van der Waals surface area contributed by atoms with Crippen molar-refractivity contribution >= 4 is 15.7 Å². The Morgan fingerprint density at radius 3 is 2.62 bits per heavy atom. The van der Waals surface area contributed by atoms with Crippen molar-refractivity contribution in [3.05, 3.63) is 53.6 Å². The smallest absolute Gasteiger partial charge is 0.416 e. The maximum absolute atomic E-state index is 13.0. The summed E-state index contributed by atoms with van der Waals surface area (Å²) in [5.74, 6) is 0.288. The molecule has 1 aliphatic rings. The molecule has 26 heavy (non-hydrogen) atoms. The maximum atomic E-state index is 13.0. The summed E-state index contributed by atoms with van der Waals surface area (Å²) in [5.41, 5.74) is -0.387. The second kappa shape index (κ2) is 6.48. The van der Waals surface area contributed by atoms with Crippen LogP contribution in [0.5, 0.6) is 5.75 Å². The molecule has 9 heteroatoms. The monoisotopic (exact) mass is 387 g/mol. The number of ether oxygens (including phenoxy) is 1. The van der Waals surface area contributed by atoms with Crippen LogP contribution in [0.25, 0.3) is 0 Å². The first-order chi connectivity index (χ1) is 12.1. The number of halogens is 3. The molecule has 0 amide bonds. The highest BCUT2D eigenvalue weighted by Crippen LogP contribution is 2.38. The lowest BCUT2D eigenvalue weighted by molar-refractivity contribution is -0.137. The van der Waals surface area contributed by atoms with Gasteiger partial charge >= 0.3 is 6.18 Å². The van der Waals surface area contributed by atoms with E-state index in [-0.39, 0.29) is 24.6 Å². The average Bonchev–Trinajstić information content (AvgIpc) is 2.60. The quantitative estimate of drug-likeness (QED) is 0.879. The third kappa shape index (κ3) is 3.36. The first-order valence-electron chi connectivity index (χ1n) is 7.73. The first kappa shape index (κ1) is 18.5. The van der Waals surface area contributed by atoms with Gasteiger partial charge in [-0.15, -0.1) is 0 Å². The standard InChI is InChI=1S/C17H16F3NO4S/c1-11-9-21(15-7-12(10-22)5-6-16(15)25-11)26(23,24)14-4-2-3-13(8-14)17(18,19)20/h2-8,11,22H,9-10H2,1H3/t11-/m1/s1. The highest BCUT2D eigenvalue weighted by Gasteiger charge is 2.36. The van der Waals surface area contributed by atoms with Crippen LogP contribution in [0.4, 0.5) is 18.9 Å². The molecule has 0 aliphatic carbocycles. The number of aliphatic hydroxyl groups is 1. The van der Waals surface area contributed by atoms with Crippen molar-refractivity contribution in [2.24, 2.45) is 0 Å². The Labute approximate surface area is 148 Å². The van der Waals surface area contributed by atoms with E-state index in [9.17, 15) is 26.7 Å². The van der Waals surface area contributed by atoms with E-state index in [0.29, 0.717) is 11.6 Å². The molecule has 0 bridgehead atoms. The van der Waals surface area contributed by atoms with Gasteiger partial charge in [-0.1, -0.05) is 12.1 Å². The number of hydrogen-bond acceptors (Lipinski definition) is 4. The SMILES string of the molecule is C[C@@H]1CN(S(=O)(=O)c2cccc(C(F)(F)F)c2)c2cc(CO)ccc2O1. The normalized spacial score (nSPS) is 17.6. The highest BCUT2D eigenvalue weighted by molar-refractivity contribution is 7.92. The van der Waals surface area contributed by atoms with E-state index in [2.05, 4.69) is 0 Å². The van der Waals surface area contributed by atoms with Gasteiger partial charge < -0.3 is 9.84 Å². The molecule has 0 aromatic heterocycles. The van der Waals surface area contributed by atoms with E-state index in [4.69, 9.17) is 4.74 Å². The summed E-state index contributed by atoms with van der Waals surface area (Å²) in [4.78, 5) is -0.457. The number of benzene rings is 2. The third-order valence-corrected chi connectivity index (χ3v) is 5.75. The van der Waals surface area contributed by atoms with Crippen LogP contribution < -0.4 is 9.04 Å². The summed E-state index contributed by atoms with van der Waals surface area (Å²) in [6.07, 6.45) is -5.13. The Balaban J connectivity index is 2.11. The lowest BCUT2D eigenvalue weighted by atomic mass is 10.1. The zero-order chi connectivity index (χ0) is 19.1. The molecule has 0 fully saturated rings. The minimum atomic E-state index is -4.65. The molecule has 0 saturated carbocycles. The number of rotatable bonds is 3. The molecule has 0 unspecified atom stereocenters. The summed E-state index contributed by atoms with van der Waals surface area (Å²) in [6.45, 7) is 1.30. The van der Waals surface area contributed by atoms with Crippen LogP contribution >= 0.6 is 0 Å². The Bertz CT molecular complexity index is 928. The highest BCUT2D eigenvalue weighted by atomic mass is 32.2. The number of sulfonamides is 1. The van der Waals surface area contributed by atoms with Crippen LogP contribution in [-0.4, -0.2) is 26.2 Å². The van der Waals surface area contributed by atoms with Gasteiger partial charge in [0.1, 0.15) is 11.9 Å². The molecule has 3 rings (SSSR count). The van der Waals surface area contributed by atoms with Gasteiger partial charge in [-0.3, -0.25) is 4.31 Å². The van der Waals surface area contributed by atoms with Crippen LogP contribution in [0.2, 0.25) is 0 Å². The van der Waals surface area contributed by atoms with Gasteiger partial charge in [0.05, 0.1) is 29.3 Å². The number of nitrogens with zero attached hydrogens (tertiary/aromatic N) is 1. The van der Waals surface area contributed by atoms with Gasteiger partial charge in [-0.2, -0.15) is 13.2 Å². The molecule has 0 saturated heterocycles. The van der Waals surface area contributed by atoms with Gasteiger partial charge in [0.15, 0.2) is 0 Å². The Kier molecular flexibility index (Phi) is 4.61. The maximum Gasteiger partial charge on any atom is 0.416 e. The molecule has 0 radical (unpaired) electrons. The second-order valence-corrected chi connectivity index (χ2v) is 7.81. The molecule has 1 aliphatic heterocycles. The van der Waals surface area contributed by atoms with Crippen molar-refractivity contribution in [3.8, 4) is 5.75 Å². The largest absolute Gasteiger partial charge is 0.487 e. The molecule has 5 nitrogen and oxygen atoms in total.